The van der Waals surface area contributed by atoms with Crippen LogP contribution in [0.4, 0.5) is 5.69 Å². The van der Waals surface area contributed by atoms with Crippen LogP contribution in [0.5, 0.6) is 0 Å². The van der Waals surface area contributed by atoms with Crippen LogP contribution in [0.1, 0.15) is 38.7 Å². The molecule has 2 unspecified atom stereocenters. The van der Waals surface area contributed by atoms with E-state index >= 15 is 0 Å². The molecule has 4 heteroatoms. The molecule has 0 saturated carbocycles. The van der Waals surface area contributed by atoms with Crippen molar-refractivity contribution in [2.24, 2.45) is 5.41 Å². The van der Waals surface area contributed by atoms with Gasteiger partial charge in [-0.25, -0.2) is 0 Å². The largest absolute Gasteiger partial charge is 0.391 e. The Morgan fingerprint density at radius 1 is 1.45 bits per heavy atom. The molecule has 0 radical (unpaired) electrons. The van der Waals surface area contributed by atoms with Crippen LogP contribution in [-0.4, -0.2) is 30.2 Å². The van der Waals surface area contributed by atoms with Crippen molar-refractivity contribution in [2.75, 3.05) is 18.4 Å². The molecule has 110 valence electrons. The minimum absolute atomic E-state index is 0.0181. The summed E-state index contributed by atoms with van der Waals surface area (Å²) >= 11 is 0. The van der Waals surface area contributed by atoms with E-state index in [0.717, 1.165) is 11.3 Å². The van der Waals surface area contributed by atoms with Crippen molar-refractivity contribution < 1.29 is 9.90 Å². The second-order valence-electron chi connectivity index (χ2n) is 6.68. The van der Waals surface area contributed by atoms with E-state index in [-0.39, 0.29) is 17.2 Å². The van der Waals surface area contributed by atoms with Crippen LogP contribution in [0.15, 0.2) is 24.3 Å². The molecule has 0 bridgehead atoms. The van der Waals surface area contributed by atoms with Gasteiger partial charge in [0.05, 0.1) is 12.0 Å². The maximum Gasteiger partial charge on any atom is 0.229 e. The van der Waals surface area contributed by atoms with Crippen LogP contribution < -0.4 is 10.6 Å². The number of carbonyl (C=O) groups is 1. The van der Waals surface area contributed by atoms with Gasteiger partial charge in [0.25, 0.3) is 0 Å². The van der Waals surface area contributed by atoms with Gasteiger partial charge in [-0.05, 0) is 23.5 Å². The molecule has 20 heavy (non-hydrogen) atoms. The molecule has 3 N–H and O–H groups in total. The van der Waals surface area contributed by atoms with E-state index in [9.17, 15) is 9.90 Å². The Morgan fingerprint density at radius 2 is 2.15 bits per heavy atom. The van der Waals surface area contributed by atoms with E-state index in [0.29, 0.717) is 19.5 Å². The fourth-order valence-corrected chi connectivity index (χ4v) is 2.64. The summed E-state index contributed by atoms with van der Waals surface area (Å²) in [7, 11) is 0. The van der Waals surface area contributed by atoms with Crippen LogP contribution >= 0.6 is 0 Å². The van der Waals surface area contributed by atoms with Crippen molar-refractivity contribution in [3.8, 4) is 0 Å². The quantitative estimate of drug-likeness (QED) is 0.789. The predicted octanol–water partition coefficient (Wildman–Crippen LogP) is 2.11. The number of hydrogen-bond acceptors (Lipinski definition) is 3. The molecule has 1 heterocycles. The van der Waals surface area contributed by atoms with Crippen LogP contribution in [0.3, 0.4) is 0 Å². The maximum atomic E-state index is 12.2. The van der Waals surface area contributed by atoms with Crippen LogP contribution in [-0.2, 0) is 4.79 Å². The summed E-state index contributed by atoms with van der Waals surface area (Å²) in [6.45, 7) is 7.18. The lowest BCUT2D eigenvalue weighted by molar-refractivity contribution is -0.122. The van der Waals surface area contributed by atoms with E-state index in [1.807, 2.05) is 24.3 Å². The monoisotopic (exact) mass is 276 g/mol. The summed E-state index contributed by atoms with van der Waals surface area (Å²) in [5.41, 5.74) is 2.13. The number of carbonyl (C=O) groups excluding carboxylic acids is 1. The van der Waals surface area contributed by atoms with Gasteiger partial charge in [-0.15, -0.1) is 0 Å². The maximum absolute atomic E-state index is 12.2. The molecule has 1 aromatic carbocycles. The number of para-hydroxylation sites is 1. The first-order valence-corrected chi connectivity index (χ1v) is 7.15. The number of aliphatic hydroxyl groups is 1. The van der Waals surface area contributed by atoms with Crippen molar-refractivity contribution in [3.63, 3.8) is 0 Å². The fourth-order valence-electron chi connectivity index (χ4n) is 2.64. The Balaban J connectivity index is 1.88. The summed E-state index contributed by atoms with van der Waals surface area (Å²) in [4.78, 5) is 12.2. The lowest BCUT2D eigenvalue weighted by Gasteiger charge is -2.23. The molecule has 1 aliphatic rings. The Morgan fingerprint density at radius 3 is 2.85 bits per heavy atom. The number of rotatable bonds is 4. The molecule has 0 saturated heterocycles. The molecule has 0 aliphatic carbocycles. The smallest absolute Gasteiger partial charge is 0.229 e. The van der Waals surface area contributed by atoms with Crippen LogP contribution in [0.2, 0.25) is 0 Å². The molecular weight excluding hydrogens is 252 g/mol. The zero-order valence-corrected chi connectivity index (χ0v) is 12.4. The van der Waals surface area contributed by atoms with Crippen molar-refractivity contribution in [1.29, 1.82) is 0 Å². The second kappa shape index (κ2) is 5.83. The highest BCUT2D eigenvalue weighted by Crippen LogP contribution is 2.31. The highest BCUT2D eigenvalue weighted by Gasteiger charge is 2.28. The predicted molar refractivity (Wildman–Crippen MR) is 80.8 cm³/mol. The summed E-state index contributed by atoms with van der Waals surface area (Å²) in [5, 5.41) is 16.0. The Kier molecular flexibility index (Phi) is 4.33. The molecule has 1 aromatic rings. The van der Waals surface area contributed by atoms with Gasteiger partial charge in [0, 0.05) is 18.8 Å². The van der Waals surface area contributed by atoms with Gasteiger partial charge in [-0.2, -0.15) is 0 Å². The van der Waals surface area contributed by atoms with Gasteiger partial charge >= 0.3 is 0 Å². The number of fused-ring (bicyclic) bond motifs is 1. The van der Waals surface area contributed by atoms with Crippen LogP contribution in [0, 0.1) is 5.41 Å². The molecule has 4 nitrogen and oxygen atoms in total. The zero-order valence-electron chi connectivity index (χ0n) is 12.4. The van der Waals surface area contributed by atoms with E-state index in [1.165, 1.54) is 0 Å². The fraction of sp³-hybridized carbons (Fsp3) is 0.562. The second-order valence-corrected chi connectivity index (χ2v) is 6.68. The average Bonchev–Trinajstić information content (AvgIpc) is 2.78. The van der Waals surface area contributed by atoms with E-state index in [2.05, 4.69) is 31.4 Å². The highest BCUT2D eigenvalue weighted by atomic mass is 16.3. The summed E-state index contributed by atoms with van der Waals surface area (Å²) in [6.07, 6.45) is 0.177. The Bertz CT molecular complexity index is 480. The molecule has 0 aromatic heterocycles. The molecule has 0 fully saturated rings. The first-order chi connectivity index (χ1) is 9.37. The highest BCUT2D eigenvalue weighted by molar-refractivity contribution is 5.88. The molecule has 2 rings (SSSR count). The SMILES string of the molecule is CC(C)(C)CC(O)CNC(=O)C1CNc2ccccc21. The molecule has 2 atom stereocenters. The van der Waals surface area contributed by atoms with Crippen molar-refractivity contribution in [1.82, 2.24) is 5.32 Å². The van der Waals surface area contributed by atoms with E-state index < -0.39 is 6.10 Å². The third-order valence-electron chi connectivity index (χ3n) is 3.51. The molecule has 1 aliphatic heterocycles. The lowest BCUT2D eigenvalue weighted by Crippen LogP contribution is -2.37. The molecule has 0 spiro atoms. The van der Waals surface area contributed by atoms with Crippen LogP contribution in [0.25, 0.3) is 0 Å². The average molecular weight is 276 g/mol. The van der Waals surface area contributed by atoms with Gasteiger partial charge in [-0.1, -0.05) is 39.0 Å². The van der Waals surface area contributed by atoms with Gasteiger partial charge in [0.2, 0.25) is 5.91 Å². The van der Waals surface area contributed by atoms with Crippen molar-refractivity contribution in [3.05, 3.63) is 29.8 Å². The minimum atomic E-state index is -0.497. The minimum Gasteiger partial charge on any atom is -0.391 e. The first kappa shape index (κ1) is 14.9. The number of amides is 1. The normalized spacial score (nSPS) is 19.1. The standard InChI is InChI=1S/C16H24N2O2/c1-16(2,3)8-11(19)9-18-15(20)13-10-17-14-7-5-4-6-12(13)14/h4-7,11,13,17,19H,8-10H2,1-3H3,(H,18,20). The Hall–Kier alpha value is -1.55. The van der Waals surface area contributed by atoms with Gasteiger partial charge in [0.1, 0.15) is 0 Å². The van der Waals surface area contributed by atoms with Crippen molar-refractivity contribution in [2.45, 2.75) is 39.2 Å². The van der Waals surface area contributed by atoms with Gasteiger partial charge in [0.15, 0.2) is 0 Å². The molecule has 1 amide bonds. The zero-order chi connectivity index (χ0) is 14.8. The van der Waals surface area contributed by atoms with Gasteiger partial charge in [-0.3, -0.25) is 4.79 Å². The number of nitrogens with one attached hydrogen (secondary N) is 2. The molecular formula is C16H24N2O2. The third-order valence-corrected chi connectivity index (χ3v) is 3.51. The van der Waals surface area contributed by atoms with Gasteiger partial charge < -0.3 is 15.7 Å². The third kappa shape index (κ3) is 3.73. The first-order valence-electron chi connectivity index (χ1n) is 7.15. The number of anilines is 1. The number of aliphatic hydroxyl groups excluding tert-OH is 1. The van der Waals surface area contributed by atoms with Crippen molar-refractivity contribution >= 4 is 11.6 Å². The van der Waals surface area contributed by atoms with E-state index in [1.54, 1.807) is 0 Å². The lowest BCUT2D eigenvalue weighted by atomic mass is 9.89. The number of benzene rings is 1. The summed E-state index contributed by atoms with van der Waals surface area (Å²) in [5.74, 6) is -0.177. The summed E-state index contributed by atoms with van der Waals surface area (Å²) < 4.78 is 0. The Labute approximate surface area is 120 Å². The summed E-state index contributed by atoms with van der Waals surface area (Å²) in [6, 6.07) is 7.86. The van der Waals surface area contributed by atoms with E-state index in [4.69, 9.17) is 0 Å². The number of hydrogen-bond donors (Lipinski definition) is 3. The topological polar surface area (TPSA) is 61.4 Å².